The summed E-state index contributed by atoms with van der Waals surface area (Å²) in [5.41, 5.74) is 6.09. The highest BCUT2D eigenvalue weighted by atomic mass is 32.1. The average Bonchev–Trinajstić information content (AvgIpc) is 3.61. The minimum Gasteiger partial charge on any atom is -0.365 e. The van der Waals surface area contributed by atoms with Crippen LogP contribution in [0.4, 0.5) is 23.2 Å². The fourth-order valence-corrected chi connectivity index (χ4v) is 5.09. The second-order valence-electron chi connectivity index (χ2n) is 8.52. The van der Waals surface area contributed by atoms with Gasteiger partial charge in [-0.2, -0.15) is 23.4 Å². The molecule has 0 aliphatic heterocycles. The molecule has 0 fully saturated rings. The molecule has 2 amide bonds. The number of carbonyl (C=O) groups excluding carboxylic acids is 2. The van der Waals surface area contributed by atoms with Crippen LogP contribution >= 0.6 is 11.3 Å². The van der Waals surface area contributed by atoms with Gasteiger partial charge >= 0.3 is 6.18 Å². The van der Waals surface area contributed by atoms with E-state index in [-0.39, 0.29) is 32.0 Å². The van der Waals surface area contributed by atoms with Crippen LogP contribution in [0.5, 0.6) is 0 Å². The van der Waals surface area contributed by atoms with Crippen molar-refractivity contribution in [1.82, 2.24) is 25.0 Å². The van der Waals surface area contributed by atoms with E-state index in [0.717, 1.165) is 6.07 Å². The lowest BCUT2D eigenvalue weighted by molar-refractivity contribution is -0.140. The van der Waals surface area contributed by atoms with E-state index >= 15 is 0 Å². The monoisotopic (exact) mass is 557 g/mol. The molecule has 0 atom stereocenters. The molecule has 0 saturated carbocycles. The molecule has 4 heterocycles. The number of aromatic nitrogens is 5. The third-order valence-corrected chi connectivity index (χ3v) is 7.04. The second-order valence-corrected chi connectivity index (χ2v) is 9.51. The van der Waals surface area contributed by atoms with Gasteiger partial charge in [0, 0.05) is 29.3 Å². The number of primary amides is 1. The molecule has 4 aromatic heterocycles. The molecule has 14 heteroatoms. The number of rotatable bonds is 6. The normalized spacial score (nSPS) is 11.7. The molecule has 0 aliphatic carbocycles. The minimum atomic E-state index is -4.77. The Bertz CT molecular complexity index is 1740. The van der Waals surface area contributed by atoms with E-state index in [1.807, 2.05) is 6.92 Å². The summed E-state index contributed by atoms with van der Waals surface area (Å²) < 4.78 is 56.1. The quantitative estimate of drug-likeness (QED) is 0.241. The molecule has 4 N–H and O–H groups in total. The summed E-state index contributed by atoms with van der Waals surface area (Å²) in [6, 6.07) is 7.73. The number of thiophene rings is 1. The molecule has 0 spiro atoms. The lowest BCUT2D eigenvalue weighted by atomic mass is 10.0. The standard InChI is InChI=1S/C25H19F4N7O2S/c1-3-36-10-15(11(2)35-36)14-8-18(25(27,28)29)31-24-19(14)20(21(39-24)22(30)37)32-23(38)17-9-16(33-34-17)12-4-6-13(26)7-5-12/h4-10H,3H2,1-2H3,(H2,30,37)(H,32,38)(H,33,34). The van der Waals surface area contributed by atoms with Crippen molar-refractivity contribution in [2.45, 2.75) is 26.6 Å². The van der Waals surface area contributed by atoms with Crippen molar-refractivity contribution in [2.75, 3.05) is 5.32 Å². The van der Waals surface area contributed by atoms with Gasteiger partial charge in [0.1, 0.15) is 26.9 Å². The molecule has 0 saturated heterocycles. The summed E-state index contributed by atoms with van der Waals surface area (Å²) in [4.78, 5) is 29.0. The van der Waals surface area contributed by atoms with Gasteiger partial charge in [-0.15, -0.1) is 11.3 Å². The van der Waals surface area contributed by atoms with E-state index in [4.69, 9.17) is 5.73 Å². The third-order valence-electron chi connectivity index (χ3n) is 5.94. The average molecular weight is 558 g/mol. The van der Waals surface area contributed by atoms with Crippen LogP contribution in [0.2, 0.25) is 0 Å². The molecule has 5 rings (SSSR count). The van der Waals surface area contributed by atoms with Gasteiger partial charge in [-0.1, -0.05) is 0 Å². The lowest BCUT2D eigenvalue weighted by Gasteiger charge is -2.11. The molecule has 0 aliphatic rings. The number of nitrogens with two attached hydrogens (primary N) is 1. The van der Waals surface area contributed by atoms with Gasteiger partial charge in [-0.3, -0.25) is 19.4 Å². The number of H-pyrrole nitrogens is 1. The van der Waals surface area contributed by atoms with Crippen molar-refractivity contribution < 1.29 is 27.2 Å². The maximum absolute atomic E-state index is 13.8. The number of halogens is 4. The van der Waals surface area contributed by atoms with E-state index < -0.39 is 29.5 Å². The Morgan fingerprint density at radius 3 is 2.49 bits per heavy atom. The molecule has 39 heavy (non-hydrogen) atoms. The van der Waals surface area contributed by atoms with Crippen LogP contribution in [-0.4, -0.2) is 36.8 Å². The van der Waals surface area contributed by atoms with E-state index in [9.17, 15) is 27.2 Å². The smallest absolute Gasteiger partial charge is 0.365 e. The maximum Gasteiger partial charge on any atom is 0.433 e. The van der Waals surface area contributed by atoms with Gasteiger partial charge in [0.25, 0.3) is 11.8 Å². The number of benzene rings is 1. The van der Waals surface area contributed by atoms with Gasteiger partial charge < -0.3 is 11.1 Å². The number of alkyl halides is 3. The highest BCUT2D eigenvalue weighted by molar-refractivity contribution is 7.21. The number of nitrogens with zero attached hydrogens (tertiary/aromatic N) is 4. The number of anilines is 1. The van der Waals surface area contributed by atoms with Crippen LogP contribution in [0.3, 0.4) is 0 Å². The van der Waals surface area contributed by atoms with Gasteiger partial charge in [0.2, 0.25) is 0 Å². The van der Waals surface area contributed by atoms with Crippen molar-refractivity contribution in [3.63, 3.8) is 0 Å². The highest BCUT2D eigenvalue weighted by Gasteiger charge is 2.35. The van der Waals surface area contributed by atoms with E-state index in [1.54, 1.807) is 17.8 Å². The Labute approximate surface area is 221 Å². The second kappa shape index (κ2) is 9.62. The zero-order valence-electron chi connectivity index (χ0n) is 20.4. The number of hydrogen-bond acceptors (Lipinski definition) is 6. The summed E-state index contributed by atoms with van der Waals surface area (Å²) in [5, 5.41) is 13.7. The van der Waals surface area contributed by atoms with E-state index in [1.165, 1.54) is 30.3 Å². The Balaban J connectivity index is 1.65. The predicted octanol–water partition coefficient (Wildman–Crippen LogP) is 5.39. The van der Waals surface area contributed by atoms with Gasteiger partial charge in [-0.25, -0.2) is 9.37 Å². The number of nitrogens with one attached hydrogen (secondary N) is 2. The first-order valence-electron chi connectivity index (χ1n) is 11.5. The fourth-order valence-electron chi connectivity index (χ4n) is 4.08. The summed E-state index contributed by atoms with van der Waals surface area (Å²) in [6.07, 6.45) is -3.19. The van der Waals surface area contributed by atoms with E-state index in [0.29, 0.717) is 40.4 Å². The third kappa shape index (κ3) is 4.85. The minimum absolute atomic E-state index is 0.0134. The van der Waals surface area contributed by atoms with Crippen LogP contribution in [0.15, 0.2) is 42.6 Å². The van der Waals surface area contributed by atoms with Crippen molar-refractivity contribution >= 4 is 39.1 Å². The summed E-state index contributed by atoms with van der Waals surface area (Å²) in [6.45, 7) is 3.94. The van der Waals surface area contributed by atoms with Crippen LogP contribution in [0.25, 0.3) is 32.6 Å². The first kappa shape index (κ1) is 26.0. The molecule has 0 bridgehead atoms. The van der Waals surface area contributed by atoms with Crippen LogP contribution in [-0.2, 0) is 12.7 Å². The first-order valence-corrected chi connectivity index (χ1v) is 12.3. The van der Waals surface area contributed by atoms with Crippen LogP contribution in [0, 0.1) is 12.7 Å². The summed E-state index contributed by atoms with van der Waals surface area (Å²) >= 11 is 0.641. The largest absolute Gasteiger partial charge is 0.433 e. The van der Waals surface area contributed by atoms with Crippen LogP contribution in [0.1, 0.15) is 38.5 Å². The molecule has 0 unspecified atom stereocenters. The number of fused-ring (bicyclic) bond motifs is 1. The van der Waals surface area contributed by atoms with Gasteiger partial charge in [0.15, 0.2) is 0 Å². The van der Waals surface area contributed by atoms with Crippen LogP contribution < -0.4 is 11.1 Å². The van der Waals surface area contributed by atoms with Crippen molar-refractivity contribution in [3.05, 3.63) is 70.4 Å². The molecular weight excluding hydrogens is 538 g/mol. The zero-order valence-corrected chi connectivity index (χ0v) is 21.2. The maximum atomic E-state index is 13.8. The molecule has 1 aromatic carbocycles. The predicted molar refractivity (Wildman–Crippen MR) is 137 cm³/mol. The van der Waals surface area contributed by atoms with Gasteiger partial charge in [0.05, 0.1) is 17.1 Å². The summed E-state index contributed by atoms with van der Waals surface area (Å²) in [5.74, 6) is -2.12. The Kier molecular flexibility index (Phi) is 6.42. The zero-order chi connectivity index (χ0) is 28.1. The molecule has 9 nitrogen and oxygen atoms in total. The molecular formula is C25H19F4N7O2S. The lowest BCUT2D eigenvalue weighted by Crippen LogP contribution is -2.17. The number of aromatic amines is 1. The van der Waals surface area contributed by atoms with Gasteiger partial charge in [-0.05, 0) is 55.8 Å². The SMILES string of the molecule is CCn1cc(-c2cc(C(F)(F)F)nc3sc(C(N)=O)c(NC(=O)c4cc(-c5ccc(F)cc5)n[nH]4)c23)c(C)n1. The Morgan fingerprint density at radius 2 is 1.87 bits per heavy atom. The summed E-state index contributed by atoms with van der Waals surface area (Å²) in [7, 11) is 0. The highest BCUT2D eigenvalue weighted by Crippen LogP contribution is 2.44. The molecule has 0 radical (unpaired) electrons. The van der Waals surface area contributed by atoms with Crippen molar-refractivity contribution in [2.24, 2.45) is 5.73 Å². The Morgan fingerprint density at radius 1 is 1.15 bits per heavy atom. The number of carbonyl (C=O) groups is 2. The Hall–Kier alpha value is -4.59. The fraction of sp³-hybridized carbons (Fsp3) is 0.160. The molecule has 5 aromatic rings. The van der Waals surface area contributed by atoms with Crippen molar-refractivity contribution in [1.29, 1.82) is 0 Å². The van der Waals surface area contributed by atoms with E-state index in [2.05, 4.69) is 25.6 Å². The topological polar surface area (TPSA) is 132 Å². The van der Waals surface area contributed by atoms with Crippen molar-refractivity contribution in [3.8, 4) is 22.4 Å². The first-order chi connectivity index (χ1) is 18.5. The number of hydrogen-bond donors (Lipinski definition) is 3. The number of aryl methyl sites for hydroxylation is 2. The number of amides is 2. The number of pyridine rings is 1. The molecule has 200 valence electrons.